The Hall–Kier alpha value is -3.85. The maximum absolute atomic E-state index is 13.7. The summed E-state index contributed by atoms with van der Waals surface area (Å²) in [7, 11) is 0. The topological polar surface area (TPSA) is 129 Å². The van der Waals surface area contributed by atoms with Gasteiger partial charge in [0, 0.05) is 42.7 Å². The molecule has 0 aliphatic carbocycles. The van der Waals surface area contributed by atoms with Crippen molar-refractivity contribution in [3.05, 3.63) is 70.8 Å². The van der Waals surface area contributed by atoms with E-state index in [0.29, 0.717) is 32.4 Å². The standard InChI is InChI=1S/C27H32N6O3/c1-27(2,28)25(35)30-22(15-17-16-29-20-8-4-3-7-19(17)20)24(34)32-13-11-18(12-14-32)33-23-10-6-5-9-21(23)31-26(33)36/h3-10,16,18,22,29H,11-15,28H2,1-2H3,(H,30,35)(H,31,36)/t22-/m1/s1. The van der Waals surface area contributed by atoms with Crippen LogP contribution >= 0.6 is 0 Å². The Balaban J connectivity index is 1.34. The van der Waals surface area contributed by atoms with Crippen molar-refractivity contribution in [2.45, 2.75) is 50.7 Å². The van der Waals surface area contributed by atoms with E-state index in [9.17, 15) is 14.4 Å². The number of para-hydroxylation sites is 3. The molecular formula is C27H32N6O3. The van der Waals surface area contributed by atoms with Gasteiger partial charge in [0.15, 0.2) is 0 Å². The van der Waals surface area contributed by atoms with Gasteiger partial charge < -0.3 is 25.9 Å². The molecule has 5 rings (SSSR count). The van der Waals surface area contributed by atoms with Gasteiger partial charge >= 0.3 is 5.69 Å². The Kier molecular flexibility index (Phi) is 6.17. The first-order valence-electron chi connectivity index (χ1n) is 12.4. The fourth-order valence-electron chi connectivity index (χ4n) is 5.07. The molecule has 9 nitrogen and oxygen atoms in total. The van der Waals surface area contributed by atoms with E-state index in [1.165, 1.54) is 0 Å². The largest absolute Gasteiger partial charge is 0.361 e. The van der Waals surface area contributed by atoms with Crippen molar-refractivity contribution in [3.63, 3.8) is 0 Å². The van der Waals surface area contributed by atoms with Crippen molar-refractivity contribution < 1.29 is 9.59 Å². The molecule has 0 bridgehead atoms. The lowest BCUT2D eigenvalue weighted by Crippen LogP contribution is -2.57. The van der Waals surface area contributed by atoms with Crippen molar-refractivity contribution in [2.75, 3.05) is 13.1 Å². The summed E-state index contributed by atoms with van der Waals surface area (Å²) in [6.07, 6.45) is 3.56. The Bertz CT molecular complexity index is 1470. The fraction of sp³-hybridized carbons (Fsp3) is 0.370. The number of rotatable bonds is 6. The van der Waals surface area contributed by atoms with Crippen LogP contribution < -0.4 is 16.7 Å². The third kappa shape index (κ3) is 4.54. The van der Waals surface area contributed by atoms with Gasteiger partial charge in [0.25, 0.3) is 0 Å². The minimum absolute atomic E-state index is 0.00216. The number of carbonyl (C=O) groups is 2. The third-order valence-electron chi connectivity index (χ3n) is 7.05. The van der Waals surface area contributed by atoms with Crippen LogP contribution in [-0.2, 0) is 16.0 Å². The zero-order chi connectivity index (χ0) is 25.4. The van der Waals surface area contributed by atoms with Crippen LogP contribution in [0.1, 0.15) is 38.3 Å². The highest BCUT2D eigenvalue weighted by Crippen LogP contribution is 2.26. The van der Waals surface area contributed by atoms with Crippen LogP contribution in [0.25, 0.3) is 21.9 Å². The van der Waals surface area contributed by atoms with Crippen LogP contribution in [0.4, 0.5) is 0 Å². The number of nitrogens with one attached hydrogen (secondary N) is 3. The third-order valence-corrected chi connectivity index (χ3v) is 7.05. The molecule has 2 aromatic carbocycles. The number of benzene rings is 2. The molecule has 0 radical (unpaired) electrons. The minimum Gasteiger partial charge on any atom is -0.361 e. The summed E-state index contributed by atoms with van der Waals surface area (Å²) >= 11 is 0. The van der Waals surface area contributed by atoms with Crippen molar-refractivity contribution in [1.82, 2.24) is 24.8 Å². The highest BCUT2D eigenvalue weighted by molar-refractivity contribution is 5.92. The summed E-state index contributed by atoms with van der Waals surface area (Å²) in [5, 5.41) is 3.92. The van der Waals surface area contributed by atoms with Crippen LogP contribution in [0.2, 0.25) is 0 Å². The number of hydrogen-bond donors (Lipinski definition) is 4. The van der Waals surface area contributed by atoms with Crippen molar-refractivity contribution >= 4 is 33.8 Å². The maximum atomic E-state index is 13.7. The van der Waals surface area contributed by atoms with Gasteiger partial charge in [-0.3, -0.25) is 14.2 Å². The first-order chi connectivity index (χ1) is 17.2. The molecular weight excluding hydrogens is 456 g/mol. The molecule has 36 heavy (non-hydrogen) atoms. The smallest absolute Gasteiger partial charge is 0.326 e. The summed E-state index contributed by atoms with van der Waals surface area (Å²) in [6, 6.07) is 14.8. The number of nitrogens with two attached hydrogens (primary N) is 1. The summed E-state index contributed by atoms with van der Waals surface area (Å²) in [5.74, 6) is -0.511. The number of aromatic amines is 2. The number of imidazole rings is 1. The Labute approximate surface area is 208 Å². The van der Waals surface area contributed by atoms with E-state index < -0.39 is 11.6 Å². The lowest BCUT2D eigenvalue weighted by molar-refractivity contribution is -0.138. The number of carbonyl (C=O) groups excluding carboxylic acids is 2. The minimum atomic E-state index is -1.11. The molecule has 188 valence electrons. The van der Waals surface area contributed by atoms with E-state index in [1.54, 1.807) is 23.3 Å². The maximum Gasteiger partial charge on any atom is 0.326 e. The molecule has 1 aliphatic heterocycles. The Morgan fingerprint density at radius 1 is 1.08 bits per heavy atom. The molecule has 1 aliphatic rings. The Morgan fingerprint density at radius 3 is 2.47 bits per heavy atom. The molecule has 3 heterocycles. The zero-order valence-corrected chi connectivity index (χ0v) is 20.6. The van der Waals surface area contributed by atoms with Crippen molar-refractivity contribution in [1.29, 1.82) is 0 Å². The van der Waals surface area contributed by atoms with Gasteiger partial charge in [-0.05, 0) is 50.5 Å². The van der Waals surface area contributed by atoms with Crippen LogP contribution in [0.5, 0.6) is 0 Å². The Morgan fingerprint density at radius 2 is 1.75 bits per heavy atom. The molecule has 1 saturated heterocycles. The van der Waals surface area contributed by atoms with Crippen LogP contribution in [0.15, 0.2) is 59.5 Å². The number of amides is 2. The molecule has 2 aromatic heterocycles. The average Bonchev–Trinajstić information content (AvgIpc) is 3.42. The van der Waals surface area contributed by atoms with E-state index >= 15 is 0 Å². The average molecular weight is 489 g/mol. The van der Waals surface area contributed by atoms with Gasteiger partial charge in [-0.25, -0.2) is 4.79 Å². The summed E-state index contributed by atoms with van der Waals surface area (Å²) in [6.45, 7) is 4.25. The van der Waals surface area contributed by atoms with Gasteiger partial charge in [-0.2, -0.15) is 0 Å². The van der Waals surface area contributed by atoms with E-state index in [2.05, 4.69) is 15.3 Å². The number of fused-ring (bicyclic) bond motifs is 2. The van der Waals surface area contributed by atoms with E-state index in [0.717, 1.165) is 27.5 Å². The molecule has 1 fully saturated rings. The monoisotopic (exact) mass is 488 g/mol. The number of nitrogens with zero attached hydrogens (tertiary/aromatic N) is 2. The van der Waals surface area contributed by atoms with E-state index in [1.807, 2.05) is 54.7 Å². The predicted molar refractivity (Wildman–Crippen MR) is 140 cm³/mol. The zero-order valence-electron chi connectivity index (χ0n) is 20.6. The molecule has 5 N–H and O–H groups in total. The second-order valence-corrected chi connectivity index (χ2v) is 10.2. The van der Waals surface area contributed by atoms with Crippen molar-refractivity contribution in [3.8, 4) is 0 Å². The van der Waals surface area contributed by atoms with E-state index in [-0.39, 0.29) is 23.5 Å². The summed E-state index contributed by atoms with van der Waals surface area (Å²) in [5.41, 5.74) is 8.41. The second kappa shape index (κ2) is 9.31. The lowest BCUT2D eigenvalue weighted by Gasteiger charge is -2.35. The highest BCUT2D eigenvalue weighted by Gasteiger charge is 2.33. The fourth-order valence-corrected chi connectivity index (χ4v) is 5.07. The number of piperidine rings is 1. The molecule has 0 saturated carbocycles. The first-order valence-corrected chi connectivity index (χ1v) is 12.4. The molecule has 2 amide bonds. The molecule has 0 spiro atoms. The number of likely N-dealkylation sites (tertiary alicyclic amines) is 1. The van der Waals surface area contributed by atoms with Gasteiger partial charge in [-0.1, -0.05) is 30.3 Å². The summed E-state index contributed by atoms with van der Waals surface area (Å²) in [4.78, 5) is 47.0. The first kappa shape index (κ1) is 23.9. The lowest BCUT2D eigenvalue weighted by atomic mass is 9.99. The number of aromatic nitrogens is 3. The quantitative estimate of drug-likeness (QED) is 0.332. The van der Waals surface area contributed by atoms with Gasteiger partial charge in [0.05, 0.1) is 16.6 Å². The van der Waals surface area contributed by atoms with Crippen LogP contribution in [0, 0.1) is 0 Å². The normalized spacial score (nSPS) is 15.9. The van der Waals surface area contributed by atoms with Crippen molar-refractivity contribution in [2.24, 2.45) is 5.73 Å². The molecule has 0 unspecified atom stereocenters. The molecule has 1 atom stereocenters. The second-order valence-electron chi connectivity index (χ2n) is 10.2. The van der Waals surface area contributed by atoms with Gasteiger partial charge in [-0.15, -0.1) is 0 Å². The highest BCUT2D eigenvalue weighted by atomic mass is 16.2. The summed E-state index contributed by atoms with van der Waals surface area (Å²) < 4.78 is 1.80. The molecule has 4 aromatic rings. The van der Waals surface area contributed by atoms with E-state index in [4.69, 9.17) is 5.73 Å². The predicted octanol–water partition coefficient (Wildman–Crippen LogP) is 2.44. The van der Waals surface area contributed by atoms with Crippen LogP contribution in [0.3, 0.4) is 0 Å². The number of H-pyrrole nitrogens is 2. The van der Waals surface area contributed by atoms with Crippen LogP contribution in [-0.4, -0.2) is 55.9 Å². The number of hydrogen-bond acceptors (Lipinski definition) is 4. The SMILES string of the molecule is CC(C)(N)C(=O)N[C@H](Cc1c[nH]c2ccccc12)C(=O)N1CCC(n2c(=O)[nH]c3ccccc32)CC1. The molecule has 9 heteroatoms. The van der Waals surface area contributed by atoms with Gasteiger partial charge in [0.2, 0.25) is 11.8 Å². The van der Waals surface area contributed by atoms with Gasteiger partial charge in [0.1, 0.15) is 6.04 Å².